The number of nitrogens with zero attached hydrogens (tertiary/aromatic N) is 2. The number of halogens is 1. The summed E-state index contributed by atoms with van der Waals surface area (Å²) in [5, 5.41) is 4.66. The van der Waals surface area contributed by atoms with Crippen molar-refractivity contribution in [2.75, 3.05) is 20.8 Å². The summed E-state index contributed by atoms with van der Waals surface area (Å²) in [6.45, 7) is 2.69. The summed E-state index contributed by atoms with van der Waals surface area (Å²) in [4.78, 5) is 25.7. The molecule has 2 aromatic carbocycles. The first kappa shape index (κ1) is 24.5. The van der Waals surface area contributed by atoms with Crippen LogP contribution in [0.3, 0.4) is 0 Å². The van der Waals surface area contributed by atoms with Crippen molar-refractivity contribution in [1.29, 1.82) is 0 Å². The van der Waals surface area contributed by atoms with Crippen LogP contribution in [-0.2, 0) is 9.47 Å². The van der Waals surface area contributed by atoms with E-state index < -0.39 is 11.9 Å². The predicted octanol–water partition coefficient (Wildman–Crippen LogP) is 5.83. The molecule has 8 heteroatoms. The van der Waals surface area contributed by atoms with E-state index in [4.69, 9.17) is 14.2 Å². The monoisotopic (exact) mass is 514 g/mol. The van der Waals surface area contributed by atoms with Gasteiger partial charge in [0.2, 0.25) is 0 Å². The number of aromatic nitrogens is 2. The van der Waals surface area contributed by atoms with Gasteiger partial charge in [0.15, 0.2) is 5.69 Å². The smallest absolute Gasteiger partial charge is 0.357 e. The van der Waals surface area contributed by atoms with Crippen molar-refractivity contribution in [3.63, 3.8) is 0 Å². The lowest BCUT2D eigenvalue weighted by Gasteiger charge is -2.12. The summed E-state index contributed by atoms with van der Waals surface area (Å²) < 4.78 is 18.3. The van der Waals surface area contributed by atoms with Crippen molar-refractivity contribution in [1.82, 2.24) is 9.78 Å². The Labute approximate surface area is 201 Å². The molecule has 0 aliphatic carbocycles. The normalized spacial score (nSPS) is 10.7. The molecule has 3 aromatic rings. The van der Waals surface area contributed by atoms with Gasteiger partial charge >= 0.3 is 11.9 Å². The molecular weight excluding hydrogens is 488 g/mol. The zero-order chi connectivity index (χ0) is 23.8. The van der Waals surface area contributed by atoms with Crippen molar-refractivity contribution in [3.05, 3.63) is 64.3 Å². The number of carbonyl (C=O) groups excluding carboxylic acids is 2. The Morgan fingerprint density at radius 1 is 0.970 bits per heavy atom. The van der Waals surface area contributed by atoms with Gasteiger partial charge in [-0.3, -0.25) is 0 Å². The third-order valence-electron chi connectivity index (χ3n) is 5.11. The van der Waals surface area contributed by atoms with Crippen LogP contribution in [0.2, 0.25) is 0 Å². The summed E-state index contributed by atoms with van der Waals surface area (Å²) in [6, 6.07) is 14.6. The second kappa shape index (κ2) is 11.7. The fourth-order valence-electron chi connectivity index (χ4n) is 3.47. The number of unbranched alkanes of at least 4 members (excludes halogenated alkanes) is 3. The van der Waals surface area contributed by atoms with E-state index in [1.54, 1.807) is 12.1 Å². The zero-order valence-corrected chi connectivity index (χ0v) is 20.6. The first-order chi connectivity index (χ1) is 16.0. The molecule has 33 heavy (non-hydrogen) atoms. The van der Waals surface area contributed by atoms with Gasteiger partial charge in [-0.05, 0) is 36.8 Å². The standard InChI is InChI=1S/C25H27BrN2O5/c1-4-5-6-10-15-33-20-14-13-17(26)16-19(20)22-21(24(29)31-2)23(25(30)32-3)28(27-22)18-11-8-7-9-12-18/h7-9,11-14,16H,4-6,10,15H2,1-3H3. The Morgan fingerprint density at radius 2 is 1.70 bits per heavy atom. The maximum absolute atomic E-state index is 12.9. The molecule has 0 N–H and O–H groups in total. The molecule has 0 spiro atoms. The topological polar surface area (TPSA) is 79.7 Å². The van der Waals surface area contributed by atoms with Crippen LogP contribution in [0.25, 0.3) is 16.9 Å². The number of benzene rings is 2. The van der Waals surface area contributed by atoms with Gasteiger partial charge in [-0.1, -0.05) is 60.3 Å². The van der Waals surface area contributed by atoms with E-state index in [0.717, 1.165) is 30.2 Å². The fourth-order valence-corrected chi connectivity index (χ4v) is 3.83. The first-order valence-electron chi connectivity index (χ1n) is 10.8. The van der Waals surface area contributed by atoms with Gasteiger partial charge in [-0.15, -0.1) is 0 Å². The van der Waals surface area contributed by atoms with E-state index in [1.165, 1.54) is 18.9 Å². The highest BCUT2D eigenvalue weighted by Crippen LogP contribution is 2.37. The van der Waals surface area contributed by atoms with Gasteiger partial charge in [0.05, 0.1) is 26.5 Å². The molecule has 0 aliphatic heterocycles. The highest BCUT2D eigenvalue weighted by Gasteiger charge is 2.32. The number of para-hydroxylation sites is 1. The van der Waals surface area contributed by atoms with Crippen LogP contribution in [0.15, 0.2) is 53.0 Å². The van der Waals surface area contributed by atoms with Gasteiger partial charge < -0.3 is 14.2 Å². The minimum absolute atomic E-state index is 0.0144. The molecular formula is C25H27BrN2O5. The van der Waals surface area contributed by atoms with E-state index in [2.05, 4.69) is 28.0 Å². The van der Waals surface area contributed by atoms with Crippen LogP contribution in [0.1, 0.15) is 53.5 Å². The summed E-state index contributed by atoms with van der Waals surface area (Å²) in [7, 11) is 2.52. The Bertz CT molecular complexity index is 1110. The lowest BCUT2D eigenvalue weighted by molar-refractivity contribution is 0.0549. The predicted molar refractivity (Wildman–Crippen MR) is 129 cm³/mol. The number of ether oxygens (including phenoxy) is 3. The van der Waals surface area contributed by atoms with Gasteiger partial charge in [-0.25, -0.2) is 14.3 Å². The van der Waals surface area contributed by atoms with Crippen LogP contribution < -0.4 is 4.74 Å². The zero-order valence-electron chi connectivity index (χ0n) is 19.0. The van der Waals surface area contributed by atoms with Crippen LogP contribution in [0, 0.1) is 0 Å². The van der Waals surface area contributed by atoms with Crippen molar-refractivity contribution < 1.29 is 23.8 Å². The highest BCUT2D eigenvalue weighted by molar-refractivity contribution is 9.10. The second-order valence-corrected chi connectivity index (χ2v) is 8.27. The molecule has 0 bridgehead atoms. The molecule has 1 heterocycles. The average molecular weight is 515 g/mol. The van der Waals surface area contributed by atoms with E-state index >= 15 is 0 Å². The van der Waals surface area contributed by atoms with Gasteiger partial charge in [-0.2, -0.15) is 5.10 Å². The van der Waals surface area contributed by atoms with E-state index in [9.17, 15) is 9.59 Å². The summed E-state index contributed by atoms with van der Waals surface area (Å²) in [5.74, 6) is -0.828. The SMILES string of the molecule is CCCCCCOc1ccc(Br)cc1-c1nn(-c2ccccc2)c(C(=O)OC)c1C(=O)OC. The number of rotatable bonds is 10. The van der Waals surface area contributed by atoms with Gasteiger partial charge in [0, 0.05) is 10.0 Å². The molecule has 3 rings (SSSR count). The molecule has 7 nitrogen and oxygen atoms in total. The summed E-state index contributed by atoms with van der Waals surface area (Å²) in [5.41, 5.74) is 1.45. The van der Waals surface area contributed by atoms with Crippen molar-refractivity contribution in [3.8, 4) is 22.7 Å². The number of methoxy groups -OCH3 is 2. The summed E-state index contributed by atoms with van der Waals surface area (Å²) in [6.07, 6.45) is 4.27. The second-order valence-electron chi connectivity index (χ2n) is 7.35. The lowest BCUT2D eigenvalue weighted by atomic mass is 10.0. The summed E-state index contributed by atoms with van der Waals surface area (Å²) >= 11 is 3.49. The van der Waals surface area contributed by atoms with Crippen molar-refractivity contribution >= 4 is 27.9 Å². The van der Waals surface area contributed by atoms with Gasteiger partial charge in [0.25, 0.3) is 0 Å². The number of carbonyl (C=O) groups is 2. The molecule has 0 amide bonds. The molecule has 1 aromatic heterocycles. The molecule has 174 valence electrons. The fraction of sp³-hybridized carbons (Fsp3) is 0.320. The third-order valence-corrected chi connectivity index (χ3v) is 5.60. The Balaban J connectivity index is 2.18. The number of hydrogen-bond donors (Lipinski definition) is 0. The number of hydrogen-bond acceptors (Lipinski definition) is 6. The maximum atomic E-state index is 12.9. The molecule has 0 radical (unpaired) electrons. The largest absolute Gasteiger partial charge is 0.493 e. The Kier molecular flexibility index (Phi) is 8.65. The average Bonchev–Trinajstić information content (AvgIpc) is 3.24. The molecule has 0 aliphatic rings. The van der Waals surface area contributed by atoms with E-state index in [0.29, 0.717) is 23.6 Å². The van der Waals surface area contributed by atoms with Crippen molar-refractivity contribution in [2.45, 2.75) is 32.6 Å². The highest BCUT2D eigenvalue weighted by atomic mass is 79.9. The lowest BCUT2D eigenvalue weighted by Crippen LogP contribution is -2.15. The molecule has 0 fully saturated rings. The molecule has 0 atom stereocenters. The third kappa shape index (κ3) is 5.63. The minimum Gasteiger partial charge on any atom is -0.493 e. The quantitative estimate of drug-likeness (QED) is 0.250. The maximum Gasteiger partial charge on any atom is 0.357 e. The Morgan fingerprint density at radius 3 is 2.36 bits per heavy atom. The van der Waals surface area contributed by atoms with E-state index in [1.807, 2.05) is 36.4 Å². The van der Waals surface area contributed by atoms with Crippen LogP contribution in [0.4, 0.5) is 0 Å². The van der Waals surface area contributed by atoms with Crippen LogP contribution in [-0.4, -0.2) is 42.5 Å². The van der Waals surface area contributed by atoms with E-state index in [-0.39, 0.29) is 17.0 Å². The molecule has 0 unspecified atom stereocenters. The molecule has 0 saturated heterocycles. The first-order valence-corrected chi connectivity index (χ1v) is 11.6. The minimum atomic E-state index is -0.699. The van der Waals surface area contributed by atoms with Gasteiger partial charge in [0.1, 0.15) is 17.0 Å². The van der Waals surface area contributed by atoms with Crippen LogP contribution >= 0.6 is 15.9 Å². The van der Waals surface area contributed by atoms with Crippen molar-refractivity contribution in [2.24, 2.45) is 0 Å². The van der Waals surface area contributed by atoms with Crippen LogP contribution in [0.5, 0.6) is 5.75 Å². The Hall–Kier alpha value is -3.13. The number of esters is 2. The molecule has 0 saturated carbocycles.